The highest BCUT2D eigenvalue weighted by atomic mass is 15.3. The van der Waals surface area contributed by atoms with E-state index in [0.29, 0.717) is 5.56 Å². The number of hydrogen-bond donors (Lipinski definition) is 0. The minimum atomic E-state index is 0.625. The van der Waals surface area contributed by atoms with Crippen LogP contribution in [0.2, 0.25) is 0 Å². The van der Waals surface area contributed by atoms with Crippen molar-refractivity contribution in [3.63, 3.8) is 0 Å². The fourth-order valence-corrected chi connectivity index (χ4v) is 1.65. The summed E-state index contributed by atoms with van der Waals surface area (Å²) in [5.74, 6) is 0. The van der Waals surface area contributed by atoms with Gasteiger partial charge in [0.15, 0.2) is 0 Å². The van der Waals surface area contributed by atoms with E-state index in [-0.39, 0.29) is 0 Å². The summed E-state index contributed by atoms with van der Waals surface area (Å²) < 4.78 is 1.79. The predicted octanol–water partition coefficient (Wildman–Crippen LogP) is 2.61. The molecule has 2 rings (SSSR count). The molecule has 0 unspecified atom stereocenters. The van der Waals surface area contributed by atoms with Gasteiger partial charge >= 0.3 is 0 Å². The predicted molar refractivity (Wildman–Crippen MR) is 62.4 cm³/mol. The van der Waals surface area contributed by atoms with Crippen LogP contribution in [0.1, 0.15) is 23.7 Å². The zero-order valence-corrected chi connectivity index (χ0v) is 9.44. The molecule has 0 amide bonds. The summed E-state index contributed by atoms with van der Waals surface area (Å²) in [6.45, 7) is 4.03. The number of hydrogen-bond acceptors (Lipinski definition) is 2. The van der Waals surface area contributed by atoms with E-state index in [1.165, 1.54) is 5.56 Å². The molecular weight excluding hydrogens is 198 g/mol. The van der Waals surface area contributed by atoms with Crippen LogP contribution in [0.15, 0.2) is 30.5 Å². The van der Waals surface area contributed by atoms with Crippen molar-refractivity contribution in [3.05, 3.63) is 47.3 Å². The molecule has 0 spiro atoms. The first-order valence-corrected chi connectivity index (χ1v) is 5.30. The number of nitrogens with zero attached hydrogens (tertiary/aromatic N) is 3. The molecule has 0 aliphatic heterocycles. The second kappa shape index (κ2) is 4.19. The van der Waals surface area contributed by atoms with Gasteiger partial charge in [0.25, 0.3) is 0 Å². The highest BCUT2D eigenvalue weighted by Gasteiger charge is 2.06. The van der Waals surface area contributed by atoms with Crippen molar-refractivity contribution in [2.24, 2.45) is 0 Å². The van der Waals surface area contributed by atoms with Crippen LogP contribution >= 0.6 is 0 Å². The monoisotopic (exact) mass is 211 g/mol. The minimum absolute atomic E-state index is 0.625. The Morgan fingerprint density at radius 2 is 2.00 bits per heavy atom. The molecule has 2 aromatic rings. The minimum Gasteiger partial charge on any atom is -0.237 e. The fourth-order valence-electron chi connectivity index (χ4n) is 1.65. The summed E-state index contributed by atoms with van der Waals surface area (Å²) >= 11 is 0. The lowest BCUT2D eigenvalue weighted by molar-refractivity contribution is 0.845. The van der Waals surface area contributed by atoms with Crippen LogP contribution in [0.4, 0.5) is 0 Å². The van der Waals surface area contributed by atoms with Crippen molar-refractivity contribution in [2.45, 2.75) is 20.3 Å². The van der Waals surface area contributed by atoms with Gasteiger partial charge in [0.05, 0.1) is 23.1 Å². The molecule has 0 saturated heterocycles. The molecule has 0 aliphatic carbocycles. The third-order valence-electron chi connectivity index (χ3n) is 2.72. The molecule has 0 aliphatic rings. The molecule has 16 heavy (non-hydrogen) atoms. The molecule has 1 aromatic heterocycles. The average molecular weight is 211 g/mol. The van der Waals surface area contributed by atoms with E-state index in [1.807, 2.05) is 19.1 Å². The van der Waals surface area contributed by atoms with Crippen LogP contribution < -0.4 is 0 Å². The van der Waals surface area contributed by atoms with Gasteiger partial charge in [-0.3, -0.25) is 0 Å². The average Bonchev–Trinajstić information content (AvgIpc) is 2.70. The van der Waals surface area contributed by atoms with Gasteiger partial charge in [-0.15, -0.1) is 0 Å². The maximum absolute atomic E-state index is 8.86. The molecule has 3 heteroatoms. The van der Waals surface area contributed by atoms with Gasteiger partial charge in [-0.25, -0.2) is 4.68 Å². The zero-order valence-electron chi connectivity index (χ0n) is 9.44. The maximum atomic E-state index is 8.86. The topological polar surface area (TPSA) is 41.6 Å². The summed E-state index contributed by atoms with van der Waals surface area (Å²) in [5, 5.41) is 13.1. The molecule has 80 valence electrons. The van der Waals surface area contributed by atoms with Crippen molar-refractivity contribution < 1.29 is 0 Å². The SMILES string of the molecule is CCc1ccc(-n2ncc(C#N)c2C)cc1. The van der Waals surface area contributed by atoms with Gasteiger partial charge in [0, 0.05) is 0 Å². The Kier molecular flexibility index (Phi) is 2.74. The molecule has 0 atom stereocenters. The van der Waals surface area contributed by atoms with Gasteiger partial charge in [-0.2, -0.15) is 10.4 Å². The Morgan fingerprint density at radius 3 is 2.50 bits per heavy atom. The van der Waals surface area contributed by atoms with Crippen LogP contribution in [0.25, 0.3) is 5.69 Å². The van der Waals surface area contributed by atoms with E-state index in [9.17, 15) is 0 Å². The van der Waals surface area contributed by atoms with Gasteiger partial charge in [-0.1, -0.05) is 19.1 Å². The van der Waals surface area contributed by atoms with E-state index in [1.54, 1.807) is 10.9 Å². The lowest BCUT2D eigenvalue weighted by atomic mass is 10.1. The highest BCUT2D eigenvalue weighted by molar-refractivity contribution is 5.40. The maximum Gasteiger partial charge on any atom is 0.103 e. The van der Waals surface area contributed by atoms with E-state index in [2.05, 4.69) is 30.2 Å². The Labute approximate surface area is 94.9 Å². The Balaban J connectivity index is 2.43. The molecule has 0 N–H and O–H groups in total. The lowest BCUT2D eigenvalue weighted by Gasteiger charge is -2.05. The van der Waals surface area contributed by atoms with Gasteiger partial charge < -0.3 is 0 Å². The molecule has 0 radical (unpaired) electrons. The van der Waals surface area contributed by atoms with Crippen molar-refractivity contribution in [3.8, 4) is 11.8 Å². The summed E-state index contributed by atoms with van der Waals surface area (Å²) in [7, 11) is 0. The molecule has 0 bridgehead atoms. The second-order valence-corrected chi connectivity index (χ2v) is 3.69. The molecular formula is C13H13N3. The normalized spacial score (nSPS) is 10.1. The standard InChI is InChI=1S/C13H13N3/c1-3-11-4-6-13(7-5-11)16-10(2)12(8-14)9-15-16/h4-7,9H,3H2,1-2H3. The Morgan fingerprint density at radius 1 is 1.31 bits per heavy atom. The molecule has 0 saturated carbocycles. The Hall–Kier alpha value is -2.08. The smallest absolute Gasteiger partial charge is 0.103 e. The molecule has 1 aromatic carbocycles. The number of aromatic nitrogens is 2. The van der Waals surface area contributed by atoms with Gasteiger partial charge in [0.1, 0.15) is 6.07 Å². The van der Waals surface area contributed by atoms with Crippen LogP contribution in [0.3, 0.4) is 0 Å². The van der Waals surface area contributed by atoms with Gasteiger partial charge in [0.2, 0.25) is 0 Å². The first-order chi connectivity index (χ1) is 7.76. The lowest BCUT2D eigenvalue weighted by Crippen LogP contribution is -1.99. The van der Waals surface area contributed by atoms with Crippen molar-refractivity contribution in [1.29, 1.82) is 5.26 Å². The van der Waals surface area contributed by atoms with E-state index in [0.717, 1.165) is 17.8 Å². The quantitative estimate of drug-likeness (QED) is 0.766. The summed E-state index contributed by atoms with van der Waals surface area (Å²) in [6, 6.07) is 10.4. The Bertz CT molecular complexity index is 529. The van der Waals surface area contributed by atoms with Crippen LogP contribution in [0.5, 0.6) is 0 Å². The fraction of sp³-hybridized carbons (Fsp3) is 0.231. The summed E-state index contributed by atoms with van der Waals surface area (Å²) in [6.07, 6.45) is 2.63. The van der Waals surface area contributed by atoms with E-state index >= 15 is 0 Å². The highest BCUT2D eigenvalue weighted by Crippen LogP contribution is 2.14. The molecule has 3 nitrogen and oxygen atoms in total. The van der Waals surface area contributed by atoms with Crippen molar-refractivity contribution >= 4 is 0 Å². The molecule has 1 heterocycles. The third kappa shape index (κ3) is 1.70. The second-order valence-electron chi connectivity index (χ2n) is 3.69. The first kappa shape index (κ1) is 10.4. The van der Waals surface area contributed by atoms with Crippen molar-refractivity contribution in [2.75, 3.05) is 0 Å². The summed E-state index contributed by atoms with van der Waals surface area (Å²) in [5.41, 5.74) is 3.80. The third-order valence-corrected chi connectivity index (χ3v) is 2.72. The van der Waals surface area contributed by atoms with Gasteiger partial charge in [-0.05, 0) is 31.0 Å². The number of aryl methyl sites for hydroxylation is 1. The largest absolute Gasteiger partial charge is 0.237 e. The van der Waals surface area contributed by atoms with Crippen molar-refractivity contribution in [1.82, 2.24) is 9.78 Å². The van der Waals surface area contributed by atoms with E-state index in [4.69, 9.17) is 5.26 Å². The van der Waals surface area contributed by atoms with E-state index < -0.39 is 0 Å². The van der Waals surface area contributed by atoms with Crippen LogP contribution in [-0.2, 0) is 6.42 Å². The number of benzene rings is 1. The van der Waals surface area contributed by atoms with Crippen LogP contribution in [0, 0.1) is 18.3 Å². The number of rotatable bonds is 2. The number of nitriles is 1. The summed E-state index contributed by atoms with van der Waals surface area (Å²) in [4.78, 5) is 0. The van der Waals surface area contributed by atoms with Crippen LogP contribution in [-0.4, -0.2) is 9.78 Å². The zero-order chi connectivity index (χ0) is 11.5. The first-order valence-electron chi connectivity index (χ1n) is 5.30. The molecule has 0 fully saturated rings.